The first-order valence-corrected chi connectivity index (χ1v) is 5.25. The summed E-state index contributed by atoms with van der Waals surface area (Å²) in [5.41, 5.74) is 0.884. The first kappa shape index (κ1) is 12.8. The van der Waals surface area contributed by atoms with Crippen LogP contribution in [0.5, 0.6) is 0 Å². The summed E-state index contributed by atoms with van der Waals surface area (Å²) in [6.45, 7) is 5.93. The monoisotopic (exact) mass is 239 g/mol. The second kappa shape index (κ2) is 5.16. The Kier molecular flexibility index (Phi) is 4.12. The lowest BCUT2D eigenvalue weighted by Crippen LogP contribution is -2.28. The van der Waals surface area contributed by atoms with Crippen LogP contribution in [0.15, 0.2) is 35.2 Å². The highest BCUT2D eigenvalue weighted by Crippen LogP contribution is 2.15. The Balaban J connectivity index is 2.95. The Morgan fingerprint density at radius 1 is 1.56 bits per heavy atom. The molecule has 4 heteroatoms. The number of nitrogens with zero attached hydrogens (tertiary/aromatic N) is 1. The number of benzene rings is 1. The molecule has 16 heavy (non-hydrogen) atoms. The number of carbonyl (C=O) groups excluding carboxylic acids is 1. The topological polar surface area (TPSA) is 20.3 Å². The fraction of sp³-hybridized carbons (Fsp3) is 0.250. The van der Waals surface area contributed by atoms with E-state index in [4.69, 9.17) is 0 Å². The van der Waals surface area contributed by atoms with Gasteiger partial charge < -0.3 is 4.90 Å². The van der Waals surface area contributed by atoms with Gasteiger partial charge in [0.1, 0.15) is 5.82 Å². The van der Waals surface area contributed by atoms with Crippen molar-refractivity contribution in [2.45, 2.75) is 11.8 Å². The summed E-state index contributed by atoms with van der Waals surface area (Å²) in [5, 5.41) is 0. The Labute approximate surface area is 100 Å². The van der Waals surface area contributed by atoms with E-state index in [9.17, 15) is 9.18 Å². The van der Waals surface area contributed by atoms with Crippen LogP contribution in [0.3, 0.4) is 0 Å². The van der Waals surface area contributed by atoms with E-state index in [0.717, 1.165) is 5.57 Å². The Morgan fingerprint density at radius 3 is 2.75 bits per heavy atom. The minimum absolute atomic E-state index is 0.0382. The fourth-order valence-corrected chi connectivity index (χ4v) is 1.56. The molecule has 1 aromatic carbocycles. The fourth-order valence-electron chi connectivity index (χ4n) is 1.36. The molecule has 1 aromatic rings. The van der Waals surface area contributed by atoms with E-state index in [1.807, 2.05) is 6.92 Å². The minimum Gasteiger partial charge on any atom is -0.338 e. The lowest BCUT2D eigenvalue weighted by Gasteiger charge is -2.17. The molecule has 0 heterocycles. The van der Waals surface area contributed by atoms with Crippen LogP contribution in [-0.4, -0.2) is 24.4 Å². The van der Waals surface area contributed by atoms with Crippen LogP contribution in [-0.2, 0) is 0 Å². The second-order valence-electron chi connectivity index (χ2n) is 3.78. The third kappa shape index (κ3) is 3.10. The van der Waals surface area contributed by atoms with Gasteiger partial charge in [0.05, 0.1) is 5.56 Å². The SMILES string of the molecule is C=C(C)CN(C)C(=O)c1cc(S)ccc1F. The molecule has 86 valence electrons. The maximum Gasteiger partial charge on any atom is 0.256 e. The molecular formula is C12H14FNOS. The van der Waals surface area contributed by atoms with Crippen molar-refractivity contribution in [1.82, 2.24) is 4.90 Å². The van der Waals surface area contributed by atoms with Crippen molar-refractivity contribution in [2.24, 2.45) is 0 Å². The molecule has 0 spiro atoms. The summed E-state index contributed by atoms with van der Waals surface area (Å²) in [4.78, 5) is 13.9. The summed E-state index contributed by atoms with van der Waals surface area (Å²) < 4.78 is 13.4. The van der Waals surface area contributed by atoms with Crippen LogP contribution in [0.25, 0.3) is 0 Å². The van der Waals surface area contributed by atoms with Gasteiger partial charge in [-0.2, -0.15) is 0 Å². The summed E-state index contributed by atoms with van der Waals surface area (Å²) in [5.74, 6) is -0.896. The molecule has 0 aliphatic heterocycles. The number of halogens is 1. The van der Waals surface area contributed by atoms with Crippen molar-refractivity contribution in [2.75, 3.05) is 13.6 Å². The van der Waals surface area contributed by atoms with Gasteiger partial charge in [-0.3, -0.25) is 4.79 Å². The van der Waals surface area contributed by atoms with E-state index in [0.29, 0.717) is 11.4 Å². The van der Waals surface area contributed by atoms with Crippen LogP contribution in [0.1, 0.15) is 17.3 Å². The number of thiol groups is 1. The van der Waals surface area contributed by atoms with Crippen LogP contribution >= 0.6 is 12.6 Å². The van der Waals surface area contributed by atoms with Crippen LogP contribution in [0.2, 0.25) is 0 Å². The van der Waals surface area contributed by atoms with Crippen LogP contribution in [0, 0.1) is 5.82 Å². The van der Waals surface area contributed by atoms with E-state index >= 15 is 0 Å². The third-order valence-electron chi connectivity index (χ3n) is 2.03. The number of hydrogen-bond acceptors (Lipinski definition) is 2. The van der Waals surface area contributed by atoms with Crippen molar-refractivity contribution in [1.29, 1.82) is 0 Å². The molecule has 0 bridgehead atoms. The predicted molar refractivity (Wildman–Crippen MR) is 65.4 cm³/mol. The van der Waals surface area contributed by atoms with Gasteiger partial charge in [-0.1, -0.05) is 12.2 Å². The first-order valence-electron chi connectivity index (χ1n) is 4.80. The molecule has 0 saturated carbocycles. The van der Waals surface area contributed by atoms with Gasteiger partial charge in [0.2, 0.25) is 0 Å². The maximum atomic E-state index is 13.4. The zero-order chi connectivity index (χ0) is 12.3. The molecule has 0 aliphatic rings. The average molecular weight is 239 g/mol. The zero-order valence-corrected chi connectivity index (χ0v) is 10.2. The molecule has 1 amide bonds. The smallest absolute Gasteiger partial charge is 0.256 e. The first-order chi connectivity index (χ1) is 7.41. The molecule has 0 N–H and O–H groups in total. The lowest BCUT2D eigenvalue weighted by atomic mass is 10.2. The number of amides is 1. The van der Waals surface area contributed by atoms with Crippen molar-refractivity contribution in [3.63, 3.8) is 0 Å². The van der Waals surface area contributed by atoms with Gasteiger partial charge in [0.15, 0.2) is 0 Å². The van der Waals surface area contributed by atoms with E-state index < -0.39 is 5.82 Å². The van der Waals surface area contributed by atoms with Gasteiger partial charge in [-0.25, -0.2) is 4.39 Å². The summed E-state index contributed by atoms with van der Waals surface area (Å²) in [6, 6.07) is 4.17. The van der Waals surface area contributed by atoms with Crippen molar-refractivity contribution < 1.29 is 9.18 Å². The molecule has 2 nitrogen and oxygen atoms in total. The Morgan fingerprint density at radius 2 is 2.19 bits per heavy atom. The number of likely N-dealkylation sites (N-methyl/N-ethyl adjacent to an activating group) is 1. The number of rotatable bonds is 3. The van der Waals surface area contributed by atoms with E-state index in [2.05, 4.69) is 19.2 Å². The zero-order valence-electron chi connectivity index (χ0n) is 9.33. The molecule has 0 saturated heterocycles. The average Bonchev–Trinajstić information content (AvgIpc) is 2.19. The van der Waals surface area contributed by atoms with Gasteiger partial charge in [-0.05, 0) is 25.1 Å². The van der Waals surface area contributed by atoms with Gasteiger partial charge in [0, 0.05) is 18.5 Å². The molecule has 1 rings (SSSR count). The number of hydrogen-bond donors (Lipinski definition) is 1. The second-order valence-corrected chi connectivity index (χ2v) is 4.30. The highest BCUT2D eigenvalue weighted by molar-refractivity contribution is 7.80. The third-order valence-corrected chi connectivity index (χ3v) is 2.31. The van der Waals surface area contributed by atoms with E-state index in [1.165, 1.54) is 23.1 Å². The predicted octanol–water partition coefficient (Wildman–Crippen LogP) is 2.76. The molecule has 0 unspecified atom stereocenters. The Hall–Kier alpha value is -1.29. The highest BCUT2D eigenvalue weighted by atomic mass is 32.1. The minimum atomic E-state index is -0.531. The standard InChI is InChI=1S/C12H14FNOS/c1-8(2)7-14(3)12(15)10-6-9(16)4-5-11(10)13/h4-6,16H,1,7H2,2-3H3. The summed E-state index contributed by atoms with van der Waals surface area (Å²) in [7, 11) is 1.61. The van der Waals surface area contributed by atoms with Crippen molar-refractivity contribution in [3.05, 3.63) is 41.7 Å². The highest BCUT2D eigenvalue weighted by Gasteiger charge is 2.16. The molecular weight excluding hydrogens is 225 g/mol. The van der Waals surface area contributed by atoms with Gasteiger partial charge >= 0.3 is 0 Å². The van der Waals surface area contributed by atoms with Crippen molar-refractivity contribution in [3.8, 4) is 0 Å². The quantitative estimate of drug-likeness (QED) is 0.635. The molecule has 0 atom stereocenters. The molecule has 0 aliphatic carbocycles. The molecule has 0 fully saturated rings. The number of carbonyl (C=O) groups is 1. The van der Waals surface area contributed by atoms with Gasteiger partial charge in [-0.15, -0.1) is 12.6 Å². The molecule has 0 aromatic heterocycles. The van der Waals surface area contributed by atoms with E-state index in [1.54, 1.807) is 7.05 Å². The lowest BCUT2D eigenvalue weighted by molar-refractivity contribution is 0.0802. The Bertz CT molecular complexity index is 431. The van der Waals surface area contributed by atoms with Crippen LogP contribution < -0.4 is 0 Å². The normalized spacial score (nSPS) is 10.0. The van der Waals surface area contributed by atoms with Gasteiger partial charge in [0.25, 0.3) is 5.91 Å². The van der Waals surface area contributed by atoms with Crippen molar-refractivity contribution >= 4 is 18.5 Å². The molecule has 0 radical (unpaired) electrons. The van der Waals surface area contributed by atoms with Crippen LogP contribution in [0.4, 0.5) is 4.39 Å². The maximum absolute atomic E-state index is 13.4. The largest absolute Gasteiger partial charge is 0.338 e. The van der Waals surface area contributed by atoms with E-state index in [-0.39, 0.29) is 11.5 Å². The summed E-state index contributed by atoms with van der Waals surface area (Å²) >= 11 is 4.08. The summed E-state index contributed by atoms with van der Waals surface area (Å²) in [6.07, 6.45) is 0.